The van der Waals surface area contributed by atoms with Crippen LogP contribution < -0.4 is 10.6 Å². The number of ether oxygens (including phenoxy) is 1. The van der Waals surface area contributed by atoms with Gasteiger partial charge in [-0.05, 0) is 49.4 Å². The Kier molecular flexibility index (Phi) is 3.42. The fourth-order valence-electron chi connectivity index (χ4n) is 3.00. The summed E-state index contributed by atoms with van der Waals surface area (Å²) in [7, 11) is 0. The number of fused-ring (bicyclic) bond motifs is 1. The van der Waals surface area contributed by atoms with Crippen LogP contribution in [0.3, 0.4) is 0 Å². The summed E-state index contributed by atoms with van der Waals surface area (Å²) in [4.78, 5) is 14.5. The van der Waals surface area contributed by atoms with Crippen LogP contribution in [-0.2, 0) is 16.0 Å². The zero-order valence-corrected chi connectivity index (χ0v) is 11.1. The summed E-state index contributed by atoms with van der Waals surface area (Å²) in [6, 6.07) is 5.85. The van der Waals surface area contributed by atoms with Crippen LogP contribution in [0.15, 0.2) is 18.2 Å². The number of aryl methyl sites for hydroxylation is 1. The van der Waals surface area contributed by atoms with E-state index in [4.69, 9.17) is 10.5 Å². The van der Waals surface area contributed by atoms with E-state index in [9.17, 15) is 4.79 Å². The summed E-state index contributed by atoms with van der Waals surface area (Å²) < 4.78 is 5.43. The van der Waals surface area contributed by atoms with Crippen molar-refractivity contribution in [2.24, 2.45) is 5.92 Å². The lowest BCUT2D eigenvalue weighted by Gasteiger charge is -2.33. The standard InChI is InChI=1S/C15H20N2O2/c16-13-5-6-14-11(9-13)3-1-7-17(14)15(18)12-4-2-8-19-10-12/h5-6,9,12H,1-4,7-8,10,16H2. The minimum atomic E-state index is 0.0252. The lowest BCUT2D eigenvalue weighted by atomic mass is 9.96. The second kappa shape index (κ2) is 5.21. The zero-order chi connectivity index (χ0) is 13.2. The van der Waals surface area contributed by atoms with Gasteiger partial charge in [0.2, 0.25) is 5.91 Å². The van der Waals surface area contributed by atoms with E-state index in [1.807, 2.05) is 23.1 Å². The first-order valence-corrected chi connectivity index (χ1v) is 7.03. The van der Waals surface area contributed by atoms with Crippen LogP contribution in [0, 0.1) is 5.92 Å². The quantitative estimate of drug-likeness (QED) is 0.785. The van der Waals surface area contributed by atoms with Crippen molar-refractivity contribution in [2.45, 2.75) is 25.7 Å². The molecule has 1 saturated heterocycles. The van der Waals surface area contributed by atoms with Crippen molar-refractivity contribution in [3.63, 3.8) is 0 Å². The van der Waals surface area contributed by atoms with Gasteiger partial charge in [0, 0.05) is 24.5 Å². The first-order chi connectivity index (χ1) is 9.25. The summed E-state index contributed by atoms with van der Waals surface area (Å²) in [6.45, 7) is 2.17. The molecule has 1 aromatic carbocycles. The number of hydrogen-bond donors (Lipinski definition) is 1. The van der Waals surface area contributed by atoms with E-state index in [1.54, 1.807) is 0 Å². The first kappa shape index (κ1) is 12.5. The summed E-state index contributed by atoms with van der Waals surface area (Å²) in [5.74, 6) is 0.239. The van der Waals surface area contributed by atoms with Gasteiger partial charge in [0.05, 0.1) is 12.5 Å². The number of hydrogen-bond acceptors (Lipinski definition) is 3. The van der Waals surface area contributed by atoms with Crippen molar-refractivity contribution in [1.29, 1.82) is 0 Å². The third-order valence-electron chi connectivity index (χ3n) is 4.00. The van der Waals surface area contributed by atoms with E-state index in [0.717, 1.165) is 50.2 Å². The third-order valence-corrected chi connectivity index (χ3v) is 4.00. The van der Waals surface area contributed by atoms with Crippen molar-refractivity contribution in [1.82, 2.24) is 0 Å². The van der Waals surface area contributed by atoms with Crippen molar-refractivity contribution in [3.05, 3.63) is 23.8 Å². The highest BCUT2D eigenvalue weighted by Gasteiger charge is 2.30. The molecule has 0 bridgehead atoms. The molecular weight excluding hydrogens is 240 g/mol. The molecule has 4 nitrogen and oxygen atoms in total. The predicted molar refractivity (Wildman–Crippen MR) is 75.1 cm³/mol. The highest BCUT2D eigenvalue weighted by Crippen LogP contribution is 2.31. The Morgan fingerprint density at radius 1 is 1.37 bits per heavy atom. The Hall–Kier alpha value is -1.55. The fourth-order valence-corrected chi connectivity index (χ4v) is 3.00. The number of benzene rings is 1. The summed E-state index contributed by atoms with van der Waals surface area (Å²) >= 11 is 0. The molecule has 1 amide bonds. The van der Waals surface area contributed by atoms with E-state index in [2.05, 4.69) is 0 Å². The van der Waals surface area contributed by atoms with Crippen LogP contribution in [0.4, 0.5) is 11.4 Å². The Morgan fingerprint density at radius 3 is 3.05 bits per heavy atom. The van der Waals surface area contributed by atoms with Crippen LogP contribution in [0.1, 0.15) is 24.8 Å². The maximum atomic E-state index is 12.6. The Balaban J connectivity index is 1.84. The second-order valence-electron chi connectivity index (χ2n) is 5.40. The largest absolute Gasteiger partial charge is 0.399 e. The number of rotatable bonds is 1. The summed E-state index contributed by atoms with van der Waals surface area (Å²) in [5.41, 5.74) is 8.82. The zero-order valence-electron chi connectivity index (χ0n) is 11.1. The Labute approximate surface area is 113 Å². The number of anilines is 2. The van der Waals surface area contributed by atoms with Crippen molar-refractivity contribution in [2.75, 3.05) is 30.4 Å². The van der Waals surface area contributed by atoms with Gasteiger partial charge in [-0.25, -0.2) is 0 Å². The normalized spacial score (nSPS) is 22.9. The number of nitrogens with two attached hydrogens (primary N) is 1. The Bertz CT molecular complexity index is 481. The van der Waals surface area contributed by atoms with Crippen molar-refractivity contribution in [3.8, 4) is 0 Å². The predicted octanol–water partition coefficient (Wildman–Crippen LogP) is 1.97. The van der Waals surface area contributed by atoms with E-state index in [0.29, 0.717) is 6.61 Å². The molecule has 0 aliphatic carbocycles. The molecular formula is C15H20N2O2. The molecule has 3 rings (SSSR count). The summed E-state index contributed by atoms with van der Waals surface area (Å²) in [5, 5.41) is 0. The van der Waals surface area contributed by atoms with Gasteiger partial charge in [-0.3, -0.25) is 4.79 Å². The molecule has 19 heavy (non-hydrogen) atoms. The monoisotopic (exact) mass is 260 g/mol. The molecule has 2 aliphatic rings. The third kappa shape index (κ3) is 2.45. The second-order valence-corrected chi connectivity index (χ2v) is 5.40. The molecule has 1 fully saturated rings. The molecule has 2 aliphatic heterocycles. The molecule has 0 spiro atoms. The number of amides is 1. The lowest BCUT2D eigenvalue weighted by Crippen LogP contribution is -2.42. The van der Waals surface area contributed by atoms with Crippen molar-refractivity contribution >= 4 is 17.3 Å². The topological polar surface area (TPSA) is 55.6 Å². The molecule has 0 aromatic heterocycles. The molecule has 4 heteroatoms. The van der Waals surface area contributed by atoms with Gasteiger partial charge in [0.15, 0.2) is 0 Å². The highest BCUT2D eigenvalue weighted by molar-refractivity contribution is 5.96. The maximum Gasteiger partial charge on any atom is 0.232 e. The average Bonchev–Trinajstić information content (AvgIpc) is 2.46. The van der Waals surface area contributed by atoms with Crippen LogP contribution in [0.2, 0.25) is 0 Å². The average molecular weight is 260 g/mol. The number of carbonyl (C=O) groups is 1. The smallest absolute Gasteiger partial charge is 0.232 e. The van der Waals surface area contributed by atoms with E-state index in [-0.39, 0.29) is 11.8 Å². The molecule has 2 N–H and O–H groups in total. The molecule has 0 saturated carbocycles. The van der Waals surface area contributed by atoms with Gasteiger partial charge in [0.1, 0.15) is 0 Å². The molecule has 0 radical (unpaired) electrons. The van der Waals surface area contributed by atoms with E-state index in [1.165, 1.54) is 5.56 Å². The van der Waals surface area contributed by atoms with Crippen molar-refractivity contribution < 1.29 is 9.53 Å². The van der Waals surface area contributed by atoms with Gasteiger partial charge in [-0.15, -0.1) is 0 Å². The van der Waals surface area contributed by atoms with Crippen LogP contribution >= 0.6 is 0 Å². The molecule has 1 aromatic rings. The number of nitrogens with zero attached hydrogens (tertiary/aromatic N) is 1. The van der Waals surface area contributed by atoms with E-state index >= 15 is 0 Å². The first-order valence-electron chi connectivity index (χ1n) is 7.03. The number of nitrogen functional groups attached to an aromatic ring is 1. The maximum absolute atomic E-state index is 12.6. The van der Waals surface area contributed by atoms with Crippen LogP contribution in [0.25, 0.3) is 0 Å². The molecule has 102 valence electrons. The lowest BCUT2D eigenvalue weighted by molar-refractivity contribution is -0.126. The minimum absolute atomic E-state index is 0.0252. The highest BCUT2D eigenvalue weighted by atomic mass is 16.5. The fraction of sp³-hybridized carbons (Fsp3) is 0.533. The van der Waals surface area contributed by atoms with Gasteiger partial charge in [-0.2, -0.15) is 0 Å². The minimum Gasteiger partial charge on any atom is -0.399 e. The van der Waals surface area contributed by atoms with Crippen LogP contribution in [0.5, 0.6) is 0 Å². The molecule has 1 atom stereocenters. The Morgan fingerprint density at radius 2 is 2.26 bits per heavy atom. The van der Waals surface area contributed by atoms with Gasteiger partial charge < -0.3 is 15.4 Å². The van der Waals surface area contributed by atoms with Gasteiger partial charge in [-0.1, -0.05) is 0 Å². The van der Waals surface area contributed by atoms with Crippen LogP contribution in [-0.4, -0.2) is 25.7 Å². The summed E-state index contributed by atoms with van der Waals surface area (Å²) in [6.07, 6.45) is 3.94. The SMILES string of the molecule is Nc1ccc2c(c1)CCCN2C(=O)C1CCCOC1. The van der Waals surface area contributed by atoms with Gasteiger partial charge in [0.25, 0.3) is 0 Å². The number of carbonyl (C=O) groups excluding carboxylic acids is 1. The van der Waals surface area contributed by atoms with E-state index < -0.39 is 0 Å². The van der Waals surface area contributed by atoms with Gasteiger partial charge >= 0.3 is 0 Å². The molecule has 2 heterocycles. The molecule has 1 unspecified atom stereocenters.